The van der Waals surface area contributed by atoms with Crippen molar-refractivity contribution in [1.29, 1.82) is 0 Å². The summed E-state index contributed by atoms with van der Waals surface area (Å²) >= 11 is 1.51. The summed E-state index contributed by atoms with van der Waals surface area (Å²) in [7, 11) is 1.67. The van der Waals surface area contributed by atoms with Crippen molar-refractivity contribution in [2.24, 2.45) is 0 Å². The van der Waals surface area contributed by atoms with Gasteiger partial charge in [0.05, 0.1) is 24.3 Å². The first-order valence-corrected chi connectivity index (χ1v) is 11.5. The zero-order valence-corrected chi connectivity index (χ0v) is 18.8. The molecule has 4 aromatic rings. The zero-order chi connectivity index (χ0) is 21.9. The Morgan fingerprint density at radius 1 is 1.06 bits per heavy atom. The van der Waals surface area contributed by atoms with Crippen LogP contribution in [0.3, 0.4) is 0 Å². The number of para-hydroxylation sites is 2. The van der Waals surface area contributed by atoms with Crippen LogP contribution in [0.2, 0.25) is 0 Å². The van der Waals surface area contributed by atoms with Crippen LogP contribution in [0.4, 0.5) is 5.95 Å². The van der Waals surface area contributed by atoms with Gasteiger partial charge in [0.1, 0.15) is 5.75 Å². The second-order valence-electron chi connectivity index (χ2n) is 7.53. The van der Waals surface area contributed by atoms with E-state index in [9.17, 15) is 0 Å². The molecule has 1 fully saturated rings. The molecule has 0 amide bonds. The minimum absolute atomic E-state index is 0.141. The molecule has 1 aromatic carbocycles. The maximum Gasteiger partial charge on any atom is 0.240 e. The van der Waals surface area contributed by atoms with Gasteiger partial charge < -0.3 is 18.6 Å². The maximum absolute atomic E-state index is 5.65. The van der Waals surface area contributed by atoms with Gasteiger partial charge in [-0.3, -0.25) is 4.57 Å². The van der Waals surface area contributed by atoms with E-state index in [1.54, 1.807) is 25.5 Å². The first-order valence-electron chi connectivity index (χ1n) is 10.6. The number of benzene rings is 1. The molecule has 0 saturated carbocycles. The number of ether oxygens (including phenoxy) is 1. The van der Waals surface area contributed by atoms with Crippen LogP contribution in [-0.4, -0.2) is 45.1 Å². The van der Waals surface area contributed by atoms with E-state index >= 15 is 0 Å². The van der Waals surface area contributed by atoms with Crippen molar-refractivity contribution < 1.29 is 13.7 Å². The molecule has 10 heteroatoms. The van der Waals surface area contributed by atoms with Crippen LogP contribution in [0.25, 0.3) is 17.3 Å². The lowest BCUT2D eigenvalue weighted by Crippen LogP contribution is -2.31. The quantitative estimate of drug-likeness (QED) is 0.368. The molecule has 0 radical (unpaired) electrons. The van der Waals surface area contributed by atoms with E-state index in [0.29, 0.717) is 17.5 Å². The fourth-order valence-electron chi connectivity index (χ4n) is 3.78. The molecule has 0 aliphatic carbocycles. The molecule has 1 saturated heterocycles. The molecule has 5 rings (SSSR count). The smallest absolute Gasteiger partial charge is 0.240 e. The highest BCUT2D eigenvalue weighted by molar-refractivity contribution is 7.99. The monoisotopic (exact) mass is 452 g/mol. The second kappa shape index (κ2) is 9.07. The van der Waals surface area contributed by atoms with Gasteiger partial charge in [-0.2, -0.15) is 4.98 Å². The highest BCUT2D eigenvalue weighted by atomic mass is 32.2. The molecule has 1 atom stereocenters. The SMILES string of the molecule is COc1ccccc1-n1c(S[C@@H](C)c2nc(-c3ccco3)no2)nnc1N1CCCCC1. The van der Waals surface area contributed by atoms with Crippen LogP contribution in [0.5, 0.6) is 5.75 Å². The van der Waals surface area contributed by atoms with Gasteiger partial charge in [0.2, 0.25) is 17.7 Å². The first-order chi connectivity index (χ1) is 15.7. The van der Waals surface area contributed by atoms with Gasteiger partial charge >= 0.3 is 0 Å². The van der Waals surface area contributed by atoms with E-state index in [1.807, 2.05) is 31.2 Å². The lowest BCUT2D eigenvalue weighted by molar-refractivity contribution is 0.379. The Kier molecular flexibility index (Phi) is 5.85. The summed E-state index contributed by atoms with van der Waals surface area (Å²) in [6.45, 7) is 3.93. The van der Waals surface area contributed by atoms with Crippen molar-refractivity contribution in [2.75, 3.05) is 25.1 Å². The molecule has 0 N–H and O–H groups in total. The Hall–Kier alpha value is -3.27. The van der Waals surface area contributed by atoms with Crippen molar-refractivity contribution in [2.45, 2.75) is 36.6 Å². The lowest BCUT2D eigenvalue weighted by Gasteiger charge is -2.28. The highest BCUT2D eigenvalue weighted by Crippen LogP contribution is 2.38. The highest BCUT2D eigenvalue weighted by Gasteiger charge is 2.26. The van der Waals surface area contributed by atoms with Crippen molar-refractivity contribution in [1.82, 2.24) is 24.9 Å². The van der Waals surface area contributed by atoms with E-state index in [-0.39, 0.29) is 5.25 Å². The van der Waals surface area contributed by atoms with Crippen molar-refractivity contribution in [3.8, 4) is 23.0 Å². The van der Waals surface area contributed by atoms with Crippen LogP contribution in [0.1, 0.15) is 37.3 Å². The Bertz CT molecular complexity index is 1170. The van der Waals surface area contributed by atoms with Gasteiger partial charge in [0.25, 0.3) is 0 Å². The number of thioether (sulfide) groups is 1. The first kappa shape index (κ1) is 20.6. The predicted octanol–water partition coefficient (Wildman–Crippen LogP) is 4.76. The molecule has 0 spiro atoms. The van der Waals surface area contributed by atoms with Crippen LogP contribution < -0.4 is 9.64 Å². The summed E-state index contributed by atoms with van der Waals surface area (Å²) < 4.78 is 18.6. The van der Waals surface area contributed by atoms with Gasteiger partial charge in [0, 0.05) is 13.1 Å². The molecule has 32 heavy (non-hydrogen) atoms. The van der Waals surface area contributed by atoms with Gasteiger partial charge in [0.15, 0.2) is 10.9 Å². The van der Waals surface area contributed by atoms with Crippen LogP contribution >= 0.6 is 11.8 Å². The van der Waals surface area contributed by atoms with E-state index in [2.05, 4.69) is 29.8 Å². The van der Waals surface area contributed by atoms with Crippen LogP contribution in [-0.2, 0) is 0 Å². The Morgan fingerprint density at radius 2 is 1.91 bits per heavy atom. The molecule has 0 unspecified atom stereocenters. The summed E-state index contributed by atoms with van der Waals surface area (Å²) in [5.74, 6) is 3.08. The number of aromatic nitrogens is 5. The minimum Gasteiger partial charge on any atom is -0.495 e. The number of methoxy groups -OCH3 is 1. The fraction of sp³-hybridized carbons (Fsp3) is 0.364. The predicted molar refractivity (Wildman–Crippen MR) is 120 cm³/mol. The molecule has 9 nitrogen and oxygen atoms in total. The van der Waals surface area contributed by atoms with Gasteiger partial charge in [-0.25, -0.2) is 0 Å². The lowest BCUT2D eigenvalue weighted by atomic mass is 10.1. The minimum atomic E-state index is -0.141. The van der Waals surface area contributed by atoms with Gasteiger partial charge in [-0.05, 0) is 50.5 Å². The standard InChI is InChI=1S/C22H24N6O3S/c1-15(20-23-19(26-31-20)18-11-8-14-30-18)32-22-25-24-21(27-12-6-3-7-13-27)28(22)16-9-4-5-10-17(16)29-2/h4-5,8-11,14-15H,3,6-7,12-13H2,1-2H3/t15-/m0/s1. The number of piperidine rings is 1. The summed E-state index contributed by atoms with van der Waals surface area (Å²) in [5.41, 5.74) is 0.900. The Morgan fingerprint density at radius 3 is 2.69 bits per heavy atom. The average molecular weight is 453 g/mol. The third-order valence-electron chi connectivity index (χ3n) is 5.39. The van der Waals surface area contributed by atoms with Crippen molar-refractivity contribution >= 4 is 17.7 Å². The Labute approximate surface area is 189 Å². The van der Waals surface area contributed by atoms with E-state index in [1.165, 1.54) is 18.2 Å². The number of hydrogen-bond donors (Lipinski definition) is 0. The summed E-state index contributed by atoms with van der Waals surface area (Å²) in [6, 6.07) is 11.5. The molecular weight excluding hydrogens is 428 g/mol. The molecule has 4 heterocycles. The van der Waals surface area contributed by atoms with Gasteiger partial charge in [-0.15, -0.1) is 10.2 Å². The van der Waals surface area contributed by atoms with E-state index < -0.39 is 0 Å². The third-order valence-corrected chi connectivity index (χ3v) is 6.42. The number of rotatable bonds is 7. The maximum atomic E-state index is 5.65. The summed E-state index contributed by atoms with van der Waals surface area (Å²) in [6.07, 6.45) is 5.12. The zero-order valence-electron chi connectivity index (χ0n) is 18.0. The third kappa shape index (κ3) is 3.97. The van der Waals surface area contributed by atoms with Crippen molar-refractivity contribution in [3.05, 3.63) is 48.6 Å². The average Bonchev–Trinajstić information content (AvgIpc) is 3.60. The number of furan rings is 1. The molecule has 0 bridgehead atoms. The largest absolute Gasteiger partial charge is 0.495 e. The van der Waals surface area contributed by atoms with Gasteiger partial charge in [-0.1, -0.05) is 29.1 Å². The fourth-order valence-corrected chi connectivity index (χ4v) is 4.66. The normalized spacial score (nSPS) is 15.1. The van der Waals surface area contributed by atoms with E-state index in [0.717, 1.165) is 48.5 Å². The summed E-state index contributed by atoms with van der Waals surface area (Å²) in [5, 5.41) is 13.7. The van der Waals surface area contributed by atoms with E-state index in [4.69, 9.17) is 13.7 Å². The molecular formula is C22H24N6O3S. The summed E-state index contributed by atoms with van der Waals surface area (Å²) in [4.78, 5) is 6.79. The van der Waals surface area contributed by atoms with Crippen molar-refractivity contribution in [3.63, 3.8) is 0 Å². The van der Waals surface area contributed by atoms with Crippen LogP contribution in [0, 0.1) is 0 Å². The van der Waals surface area contributed by atoms with Crippen LogP contribution in [0.15, 0.2) is 56.8 Å². The number of nitrogens with zero attached hydrogens (tertiary/aromatic N) is 6. The number of anilines is 1. The molecule has 1 aliphatic heterocycles. The molecule has 3 aromatic heterocycles. The second-order valence-corrected chi connectivity index (χ2v) is 8.84. The molecule has 166 valence electrons. The Balaban J connectivity index is 1.49. The topological polar surface area (TPSA) is 95.2 Å². The molecule has 1 aliphatic rings. The number of hydrogen-bond acceptors (Lipinski definition) is 9.